The summed E-state index contributed by atoms with van der Waals surface area (Å²) in [7, 11) is 0. The van der Waals surface area contributed by atoms with Crippen molar-refractivity contribution in [1.29, 1.82) is 0 Å². The van der Waals surface area contributed by atoms with Gasteiger partial charge in [0, 0.05) is 24.8 Å². The van der Waals surface area contributed by atoms with E-state index in [1.165, 1.54) is 5.69 Å². The number of benzene rings is 1. The van der Waals surface area contributed by atoms with Crippen LogP contribution in [0.1, 0.15) is 18.5 Å². The number of hydrogen-bond acceptors (Lipinski definition) is 3. The predicted molar refractivity (Wildman–Crippen MR) is 89.3 cm³/mol. The lowest BCUT2D eigenvalue weighted by Crippen LogP contribution is -2.39. The van der Waals surface area contributed by atoms with Crippen LogP contribution in [0.5, 0.6) is 0 Å². The highest BCUT2D eigenvalue weighted by Gasteiger charge is 2.19. The van der Waals surface area contributed by atoms with Gasteiger partial charge in [-0.3, -0.25) is 0 Å². The van der Waals surface area contributed by atoms with Crippen molar-refractivity contribution in [2.24, 2.45) is 0 Å². The average molecular weight is 302 g/mol. The van der Waals surface area contributed by atoms with Gasteiger partial charge in [-0.25, -0.2) is 4.98 Å². The normalized spacial score (nSPS) is 16.0. The SMILES string of the molecule is Cc1nc(Cl)ccc1NC1CCN(c2ccccc2)CC1. The molecule has 1 fully saturated rings. The van der Waals surface area contributed by atoms with Crippen molar-refractivity contribution >= 4 is 23.0 Å². The van der Waals surface area contributed by atoms with Crippen molar-refractivity contribution in [3.05, 3.63) is 53.3 Å². The minimum Gasteiger partial charge on any atom is -0.381 e. The van der Waals surface area contributed by atoms with Crippen LogP contribution in [0.15, 0.2) is 42.5 Å². The number of hydrogen-bond donors (Lipinski definition) is 1. The molecule has 0 saturated carbocycles. The third-order valence-corrected chi connectivity index (χ3v) is 4.24. The van der Waals surface area contributed by atoms with E-state index in [-0.39, 0.29) is 0 Å². The average Bonchev–Trinajstić information content (AvgIpc) is 2.52. The van der Waals surface area contributed by atoms with Gasteiger partial charge < -0.3 is 10.2 Å². The minimum atomic E-state index is 0.506. The molecule has 110 valence electrons. The number of halogens is 1. The van der Waals surface area contributed by atoms with Crippen molar-refractivity contribution in [3.63, 3.8) is 0 Å². The Bertz CT molecular complexity index is 592. The van der Waals surface area contributed by atoms with Gasteiger partial charge in [0.1, 0.15) is 5.15 Å². The predicted octanol–water partition coefficient (Wildman–Crippen LogP) is 4.12. The second-order valence-electron chi connectivity index (χ2n) is 5.51. The summed E-state index contributed by atoms with van der Waals surface area (Å²) in [6.07, 6.45) is 2.27. The number of aryl methyl sites for hydroxylation is 1. The van der Waals surface area contributed by atoms with Crippen LogP contribution in [-0.4, -0.2) is 24.1 Å². The largest absolute Gasteiger partial charge is 0.381 e. The molecule has 0 spiro atoms. The first-order valence-corrected chi connectivity index (χ1v) is 7.80. The lowest BCUT2D eigenvalue weighted by molar-refractivity contribution is 0.526. The van der Waals surface area contributed by atoms with Crippen LogP contribution in [0.2, 0.25) is 5.15 Å². The summed E-state index contributed by atoms with van der Waals surface area (Å²) < 4.78 is 0. The van der Waals surface area contributed by atoms with Gasteiger partial charge in [0.25, 0.3) is 0 Å². The first-order chi connectivity index (χ1) is 10.2. The Balaban J connectivity index is 1.59. The lowest BCUT2D eigenvalue weighted by atomic mass is 10.0. The summed E-state index contributed by atoms with van der Waals surface area (Å²) in [5, 5.41) is 4.15. The van der Waals surface area contributed by atoms with Gasteiger partial charge in [-0.2, -0.15) is 0 Å². The summed E-state index contributed by atoms with van der Waals surface area (Å²) in [6.45, 7) is 4.16. The molecule has 1 N–H and O–H groups in total. The fourth-order valence-electron chi connectivity index (χ4n) is 2.82. The Morgan fingerprint density at radius 1 is 1.10 bits per heavy atom. The van der Waals surface area contributed by atoms with E-state index in [1.807, 2.05) is 19.1 Å². The molecule has 0 bridgehead atoms. The molecule has 0 radical (unpaired) electrons. The minimum absolute atomic E-state index is 0.506. The molecule has 0 atom stereocenters. The maximum atomic E-state index is 5.90. The van der Waals surface area contributed by atoms with Gasteiger partial charge in [-0.15, -0.1) is 0 Å². The molecule has 0 aliphatic carbocycles. The highest BCUT2D eigenvalue weighted by Crippen LogP contribution is 2.23. The Kier molecular flexibility index (Phi) is 4.30. The summed E-state index contributed by atoms with van der Waals surface area (Å²) in [5.41, 5.74) is 3.38. The third kappa shape index (κ3) is 3.48. The summed E-state index contributed by atoms with van der Waals surface area (Å²) in [5.74, 6) is 0. The maximum absolute atomic E-state index is 5.90. The molecule has 1 saturated heterocycles. The monoisotopic (exact) mass is 301 g/mol. The van der Waals surface area contributed by atoms with Gasteiger partial charge in [-0.1, -0.05) is 29.8 Å². The number of aromatic nitrogens is 1. The van der Waals surface area contributed by atoms with Crippen molar-refractivity contribution in [2.75, 3.05) is 23.3 Å². The number of piperidine rings is 1. The molecule has 1 aromatic carbocycles. The van der Waals surface area contributed by atoms with E-state index in [4.69, 9.17) is 11.6 Å². The Morgan fingerprint density at radius 2 is 1.81 bits per heavy atom. The molecule has 0 amide bonds. The van der Waals surface area contributed by atoms with Crippen LogP contribution in [0.4, 0.5) is 11.4 Å². The smallest absolute Gasteiger partial charge is 0.129 e. The van der Waals surface area contributed by atoms with E-state index < -0.39 is 0 Å². The molecule has 0 unspecified atom stereocenters. The quantitative estimate of drug-likeness (QED) is 0.864. The second kappa shape index (κ2) is 6.35. The molecule has 21 heavy (non-hydrogen) atoms. The molecule has 3 rings (SSSR count). The summed E-state index contributed by atoms with van der Waals surface area (Å²) >= 11 is 5.90. The van der Waals surface area contributed by atoms with Gasteiger partial charge >= 0.3 is 0 Å². The Labute approximate surface area is 131 Å². The van der Waals surface area contributed by atoms with E-state index >= 15 is 0 Å². The number of nitrogens with one attached hydrogen (secondary N) is 1. The number of nitrogens with zero attached hydrogens (tertiary/aromatic N) is 2. The lowest BCUT2D eigenvalue weighted by Gasteiger charge is -2.34. The van der Waals surface area contributed by atoms with Gasteiger partial charge in [0.15, 0.2) is 0 Å². The van der Waals surface area contributed by atoms with Gasteiger partial charge in [-0.05, 0) is 44.0 Å². The Morgan fingerprint density at radius 3 is 2.48 bits per heavy atom. The number of para-hydroxylation sites is 1. The Hall–Kier alpha value is -1.74. The number of rotatable bonds is 3. The van der Waals surface area contributed by atoms with E-state index in [2.05, 4.69) is 45.5 Å². The summed E-state index contributed by atoms with van der Waals surface area (Å²) in [4.78, 5) is 6.74. The van der Waals surface area contributed by atoms with Crippen molar-refractivity contribution in [2.45, 2.75) is 25.8 Å². The molecule has 1 aliphatic heterocycles. The standard InChI is InChI=1S/C17H20ClN3/c1-13-16(7-8-17(18)19-13)20-14-9-11-21(12-10-14)15-5-3-2-4-6-15/h2-8,14,20H,9-12H2,1H3. The first-order valence-electron chi connectivity index (χ1n) is 7.42. The topological polar surface area (TPSA) is 28.2 Å². The van der Waals surface area contributed by atoms with Crippen molar-refractivity contribution < 1.29 is 0 Å². The maximum Gasteiger partial charge on any atom is 0.129 e. The fraction of sp³-hybridized carbons (Fsp3) is 0.353. The zero-order chi connectivity index (χ0) is 14.7. The van der Waals surface area contributed by atoms with Gasteiger partial charge in [0.2, 0.25) is 0 Å². The second-order valence-corrected chi connectivity index (χ2v) is 5.90. The number of pyridine rings is 1. The van der Waals surface area contributed by atoms with Crippen LogP contribution >= 0.6 is 11.6 Å². The molecule has 4 heteroatoms. The van der Waals surface area contributed by atoms with Crippen LogP contribution in [0.3, 0.4) is 0 Å². The zero-order valence-electron chi connectivity index (χ0n) is 12.2. The van der Waals surface area contributed by atoms with Gasteiger partial charge in [0.05, 0.1) is 11.4 Å². The van der Waals surface area contributed by atoms with E-state index in [0.717, 1.165) is 37.3 Å². The zero-order valence-corrected chi connectivity index (χ0v) is 13.0. The van der Waals surface area contributed by atoms with Crippen LogP contribution < -0.4 is 10.2 Å². The molecule has 2 aromatic rings. The molecule has 1 aliphatic rings. The fourth-order valence-corrected chi connectivity index (χ4v) is 3.01. The molecular weight excluding hydrogens is 282 g/mol. The van der Waals surface area contributed by atoms with Crippen molar-refractivity contribution in [1.82, 2.24) is 4.98 Å². The molecular formula is C17H20ClN3. The highest BCUT2D eigenvalue weighted by atomic mass is 35.5. The van der Waals surface area contributed by atoms with E-state index in [1.54, 1.807) is 0 Å². The van der Waals surface area contributed by atoms with Crippen LogP contribution in [-0.2, 0) is 0 Å². The van der Waals surface area contributed by atoms with Crippen LogP contribution in [0.25, 0.3) is 0 Å². The van der Waals surface area contributed by atoms with E-state index in [9.17, 15) is 0 Å². The highest BCUT2D eigenvalue weighted by molar-refractivity contribution is 6.29. The van der Waals surface area contributed by atoms with Crippen LogP contribution in [0, 0.1) is 6.92 Å². The third-order valence-electron chi connectivity index (χ3n) is 4.03. The number of anilines is 2. The molecule has 1 aromatic heterocycles. The first kappa shape index (κ1) is 14.2. The molecule has 3 nitrogen and oxygen atoms in total. The molecule has 2 heterocycles. The van der Waals surface area contributed by atoms with E-state index in [0.29, 0.717) is 11.2 Å². The van der Waals surface area contributed by atoms with Crippen molar-refractivity contribution in [3.8, 4) is 0 Å². The summed E-state index contributed by atoms with van der Waals surface area (Å²) in [6, 6.07) is 15.0.